The van der Waals surface area contributed by atoms with Gasteiger partial charge in [0, 0.05) is 32.0 Å². The van der Waals surface area contributed by atoms with E-state index in [0.717, 1.165) is 44.0 Å². The number of hydrogen-bond acceptors (Lipinski definition) is 5. The molecule has 0 radical (unpaired) electrons. The van der Waals surface area contributed by atoms with Crippen molar-refractivity contribution in [3.05, 3.63) is 23.3 Å². The van der Waals surface area contributed by atoms with E-state index in [1.54, 1.807) is 0 Å². The highest BCUT2D eigenvalue weighted by molar-refractivity contribution is 7.90. The minimum absolute atomic E-state index is 0.264. The molecule has 0 saturated heterocycles. The van der Waals surface area contributed by atoms with E-state index in [1.165, 1.54) is 11.8 Å². The highest BCUT2D eigenvalue weighted by Crippen LogP contribution is 2.16. The summed E-state index contributed by atoms with van der Waals surface area (Å²) in [5.74, 6) is 1.15. The van der Waals surface area contributed by atoms with Gasteiger partial charge in [-0.1, -0.05) is 6.92 Å². The number of fused-ring (bicyclic) bond motifs is 1. The number of nitrogens with zero attached hydrogens (tertiary/aromatic N) is 3. The Labute approximate surface area is 115 Å². The maximum Gasteiger partial charge on any atom is 0.147 e. The van der Waals surface area contributed by atoms with Gasteiger partial charge in [0.1, 0.15) is 15.7 Å². The first-order valence-corrected chi connectivity index (χ1v) is 8.77. The molecule has 1 aromatic heterocycles. The van der Waals surface area contributed by atoms with Crippen LogP contribution in [0.25, 0.3) is 0 Å². The van der Waals surface area contributed by atoms with Gasteiger partial charge in [-0.05, 0) is 24.9 Å². The standard InChI is InChI=1S/C13H21N3O2S/c1-3-13-14-9-11-5-7-16(10-12(11)15-13)6-4-8-19(2,17)18/h9H,3-8,10H2,1-2H3. The second-order valence-corrected chi connectivity index (χ2v) is 7.38. The van der Waals surface area contributed by atoms with Gasteiger partial charge in [-0.25, -0.2) is 18.4 Å². The van der Waals surface area contributed by atoms with E-state index >= 15 is 0 Å². The molecule has 2 heterocycles. The fourth-order valence-corrected chi connectivity index (χ4v) is 2.96. The molecule has 1 aliphatic heterocycles. The van der Waals surface area contributed by atoms with Crippen molar-refractivity contribution in [1.82, 2.24) is 14.9 Å². The van der Waals surface area contributed by atoms with Crippen LogP contribution in [0, 0.1) is 0 Å². The molecule has 1 aliphatic rings. The Morgan fingerprint density at radius 1 is 1.42 bits per heavy atom. The Hall–Kier alpha value is -1.01. The molecule has 1 aromatic rings. The quantitative estimate of drug-likeness (QED) is 0.801. The Balaban J connectivity index is 1.93. The zero-order chi connectivity index (χ0) is 13.9. The van der Waals surface area contributed by atoms with Gasteiger partial charge in [0.25, 0.3) is 0 Å². The van der Waals surface area contributed by atoms with Crippen molar-refractivity contribution in [3.8, 4) is 0 Å². The SMILES string of the molecule is CCc1ncc2c(n1)CN(CCCS(C)(=O)=O)CC2. The van der Waals surface area contributed by atoms with Crippen LogP contribution in [0.1, 0.15) is 30.4 Å². The van der Waals surface area contributed by atoms with Crippen LogP contribution in [0.3, 0.4) is 0 Å². The number of sulfone groups is 1. The van der Waals surface area contributed by atoms with Gasteiger partial charge < -0.3 is 0 Å². The normalized spacial score (nSPS) is 16.3. The number of aryl methyl sites for hydroxylation is 1. The molecule has 0 aromatic carbocycles. The first-order valence-electron chi connectivity index (χ1n) is 6.71. The van der Waals surface area contributed by atoms with E-state index in [-0.39, 0.29) is 5.75 Å². The average molecular weight is 283 g/mol. The molecule has 0 N–H and O–H groups in total. The van der Waals surface area contributed by atoms with Gasteiger partial charge in [-0.2, -0.15) is 0 Å². The zero-order valence-corrected chi connectivity index (χ0v) is 12.4. The van der Waals surface area contributed by atoms with Crippen LogP contribution in [0.4, 0.5) is 0 Å². The lowest BCUT2D eigenvalue weighted by atomic mass is 10.1. The molecule has 5 nitrogen and oxygen atoms in total. The van der Waals surface area contributed by atoms with Crippen molar-refractivity contribution in [2.75, 3.05) is 25.1 Å². The van der Waals surface area contributed by atoms with Crippen molar-refractivity contribution in [2.45, 2.75) is 32.7 Å². The van der Waals surface area contributed by atoms with Gasteiger partial charge in [0.2, 0.25) is 0 Å². The summed E-state index contributed by atoms with van der Waals surface area (Å²) in [4.78, 5) is 11.2. The third-order valence-corrected chi connectivity index (χ3v) is 4.41. The smallest absolute Gasteiger partial charge is 0.147 e. The number of hydrogen-bond donors (Lipinski definition) is 0. The van der Waals surface area contributed by atoms with Crippen LogP contribution in [-0.2, 0) is 29.2 Å². The predicted octanol–water partition coefficient (Wildman–Crippen LogP) is 0.832. The van der Waals surface area contributed by atoms with Crippen LogP contribution >= 0.6 is 0 Å². The highest BCUT2D eigenvalue weighted by atomic mass is 32.2. The molecule has 2 rings (SSSR count). The van der Waals surface area contributed by atoms with E-state index in [4.69, 9.17) is 0 Å². The summed E-state index contributed by atoms with van der Waals surface area (Å²) in [5.41, 5.74) is 2.34. The summed E-state index contributed by atoms with van der Waals surface area (Å²) in [5, 5.41) is 0. The fraction of sp³-hybridized carbons (Fsp3) is 0.692. The van der Waals surface area contributed by atoms with Gasteiger partial charge in [-0.3, -0.25) is 4.90 Å². The maximum absolute atomic E-state index is 11.1. The molecular formula is C13H21N3O2S. The van der Waals surface area contributed by atoms with Gasteiger partial charge >= 0.3 is 0 Å². The summed E-state index contributed by atoms with van der Waals surface area (Å²) < 4.78 is 22.2. The summed E-state index contributed by atoms with van der Waals surface area (Å²) in [6.45, 7) is 4.65. The zero-order valence-electron chi connectivity index (χ0n) is 11.6. The fourth-order valence-electron chi connectivity index (χ4n) is 2.31. The second kappa shape index (κ2) is 5.96. The number of rotatable bonds is 5. The average Bonchev–Trinajstić information content (AvgIpc) is 2.36. The van der Waals surface area contributed by atoms with E-state index in [0.29, 0.717) is 6.42 Å². The monoisotopic (exact) mass is 283 g/mol. The first-order chi connectivity index (χ1) is 8.98. The van der Waals surface area contributed by atoms with Crippen LogP contribution in [-0.4, -0.2) is 48.4 Å². The minimum atomic E-state index is -2.85. The predicted molar refractivity (Wildman–Crippen MR) is 74.7 cm³/mol. The molecule has 0 atom stereocenters. The van der Waals surface area contributed by atoms with Gasteiger partial charge in [0.15, 0.2) is 0 Å². The Bertz CT molecular complexity index is 543. The van der Waals surface area contributed by atoms with Crippen LogP contribution in [0.15, 0.2) is 6.20 Å². The topological polar surface area (TPSA) is 63.2 Å². The van der Waals surface area contributed by atoms with Crippen molar-refractivity contribution in [3.63, 3.8) is 0 Å². The summed E-state index contributed by atoms with van der Waals surface area (Å²) in [6, 6.07) is 0. The molecule has 0 aliphatic carbocycles. The molecule has 0 fully saturated rings. The van der Waals surface area contributed by atoms with Gasteiger partial charge in [0.05, 0.1) is 11.4 Å². The molecule has 0 saturated carbocycles. The third kappa shape index (κ3) is 4.24. The summed E-state index contributed by atoms with van der Waals surface area (Å²) >= 11 is 0. The van der Waals surface area contributed by atoms with E-state index in [1.807, 2.05) is 6.20 Å². The molecule has 6 heteroatoms. The van der Waals surface area contributed by atoms with E-state index < -0.39 is 9.84 Å². The highest BCUT2D eigenvalue weighted by Gasteiger charge is 2.18. The molecule has 106 valence electrons. The molecule has 0 spiro atoms. The van der Waals surface area contributed by atoms with Crippen LogP contribution in [0.2, 0.25) is 0 Å². The molecule has 19 heavy (non-hydrogen) atoms. The number of aromatic nitrogens is 2. The van der Waals surface area contributed by atoms with E-state index in [9.17, 15) is 8.42 Å². The largest absolute Gasteiger partial charge is 0.297 e. The molecule has 0 amide bonds. The lowest BCUT2D eigenvalue weighted by molar-refractivity contribution is 0.250. The maximum atomic E-state index is 11.1. The lowest BCUT2D eigenvalue weighted by Crippen LogP contribution is -2.33. The Morgan fingerprint density at radius 3 is 2.89 bits per heavy atom. The van der Waals surface area contributed by atoms with Gasteiger partial charge in [-0.15, -0.1) is 0 Å². The third-order valence-electron chi connectivity index (χ3n) is 3.38. The van der Waals surface area contributed by atoms with Crippen LogP contribution in [0.5, 0.6) is 0 Å². The van der Waals surface area contributed by atoms with Crippen molar-refractivity contribution in [2.24, 2.45) is 0 Å². The lowest BCUT2D eigenvalue weighted by Gasteiger charge is -2.27. The minimum Gasteiger partial charge on any atom is -0.297 e. The van der Waals surface area contributed by atoms with Crippen molar-refractivity contribution < 1.29 is 8.42 Å². The molecule has 0 unspecified atom stereocenters. The summed E-state index contributed by atoms with van der Waals surface area (Å²) in [6.07, 6.45) is 5.73. The van der Waals surface area contributed by atoms with Crippen LogP contribution < -0.4 is 0 Å². The van der Waals surface area contributed by atoms with Crippen molar-refractivity contribution in [1.29, 1.82) is 0 Å². The van der Waals surface area contributed by atoms with E-state index in [2.05, 4.69) is 21.8 Å². The Kier molecular flexibility index (Phi) is 4.52. The first kappa shape index (κ1) is 14.4. The van der Waals surface area contributed by atoms with Crippen molar-refractivity contribution >= 4 is 9.84 Å². The molecule has 0 bridgehead atoms. The summed E-state index contributed by atoms with van der Waals surface area (Å²) in [7, 11) is -2.85. The Morgan fingerprint density at radius 2 is 2.21 bits per heavy atom. The second-order valence-electron chi connectivity index (χ2n) is 5.12. The molecular weight excluding hydrogens is 262 g/mol.